The molecule has 5 heterocycles. The maximum absolute atomic E-state index is 11.0. The fourth-order valence-electron chi connectivity index (χ4n) is 4.65. The number of aliphatic hydroxyl groups is 3. The molecule has 3 saturated heterocycles. The first-order valence-electron chi connectivity index (χ1n) is 12.6. The van der Waals surface area contributed by atoms with Crippen LogP contribution in [-0.4, -0.2) is 100 Å². The molecule has 0 aliphatic carbocycles. The van der Waals surface area contributed by atoms with Crippen LogP contribution in [-0.2, 0) is 9.47 Å². The number of rotatable bonds is 4. The molecule has 13 heteroatoms. The smallest absolute Gasteiger partial charge is 0.296 e. The fourth-order valence-corrected chi connectivity index (χ4v) is 4.91. The molecule has 0 amide bonds. The van der Waals surface area contributed by atoms with Gasteiger partial charge in [-0.25, -0.2) is 13.8 Å². The van der Waals surface area contributed by atoms with Crippen molar-refractivity contribution in [2.24, 2.45) is 0 Å². The highest BCUT2D eigenvalue weighted by Gasteiger charge is 2.48. The first-order valence-corrected chi connectivity index (χ1v) is 12.9. The maximum atomic E-state index is 11.0. The number of nitrogens with one attached hydrogen (secondary N) is 1. The lowest BCUT2D eigenvalue weighted by Crippen LogP contribution is -2.34. The predicted molar refractivity (Wildman–Crippen MR) is 142 cm³/mol. The number of ether oxygens (including phenoxy) is 3. The molecule has 0 saturated carbocycles. The molecule has 6 rings (SSSR count). The zero-order valence-corrected chi connectivity index (χ0v) is 22.6. The van der Waals surface area contributed by atoms with Gasteiger partial charge in [-0.3, -0.25) is 0 Å². The number of aromatic amines is 1. The van der Waals surface area contributed by atoms with Crippen LogP contribution in [0.25, 0.3) is 22.4 Å². The van der Waals surface area contributed by atoms with Crippen molar-refractivity contribution in [3.63, 3.8) is 0 Å². The Balaban J connectivity index is 0.000000456. The molecule has 0 spiro atoms. The van der Waals surface area contributed by atoms with E-state index in [1.807, 2.05) is 24.3 Å². The van der Waals surface area contributed by atoms with Crippen LogP contribution in [0.2, 0.25) is 5.02 Å². The summed E-state index contributed by atoms with van der Waals surface area (Å²) in [6.07, 6.45) is -1.15. The summed E-state index contributed by atoms with van der Waals surface area (Å²) in [7, 11) is 1.00. The van der Waals surface area contributed by atoms with E-state index in [-0.39, 0.29) is 31.0 Å². The number of aliphatic hydroxyl groups excluding tert-OH is 3. The molecule has 0 unspecified atom stereocenters. The number of benzene rings is 1. The topological polar surface area (TPSA) is 133 Å². The Kier molecular flexibility index (Phi) is 9.25. The summed E-state index contributed by atoms with van der Waals surface area (Å²) in [4.78, 5) is 14.4. The highest BCUT2D eigenvalue weighted by atomic mass is 35.5. The molecule has 2 aromatic heterocycles. The number of nitrogens with zero attached hydrogens (tertiary/aromatic N) is 3. The van der Waals surface area contributed by atoms with Crippen molar-refractivity contribution >= 4 is 28.5 Å². The van der Waals surface area contributed by atoms with Crippen LogP contribution in [0, 0.1) is 0 Å². The first-order chi connectivity index (χ1) is 18.5. The van der Waals surface area contributed by atoms with Gasteiger partial charge in [-0.15, -0.1) is 0 Å². The van der Waals surface area contributed by atoms with E-state index in [2.05, 4.69) is 19.9 Å². The second-order valence-electron chi connectivity index (χ2n) is 9.81. The van der Waals surface area contributed by atoms with E-state index in [4.69, 9.17) is 30.9 Å². The summed E-state index contributed by atoms with van der Waals surface area (Å²) < 4.78 is 39.2. The molecular weight excluding hydrogens is 538 g/mol. The minimum absolute atomic E-state index is 0.243. The van der Waals surface area contributed by atoms with Gasteiger partial charge in [0.1, 0.15) is 18.3 Å². The minimum atomic E-state index is -2.50. The highest BCUT2D eigenvalue weighted by molar-refractivity contribution is 6.33. The Morgan fingerprint density at radius 3 is 2.38 bits per heavy atom. The number of β-amino-alcohol motifs (C(OH)–C–C–N with tert-alkyl or cyclic N) is 1. The predicted octanol–water partition coefficient (Wildman–Crippen LogP) is 3.03. The molecule has 1 aromatic carbocycles. The molecule has 5 atom stereocenters. The number of halogens is 3. The van der Waals surface area contributed by atoms with E-state index in [0.717, 1.165) is 45.2 Å². The van der Waals surface area contributed by atoms with Crippen LogP contribution in [0.4, 0.5) is 14.5 Å². The molecule has 10 nitrogen and oxygen atoms in total. The largest absolute Gasteiger partial charge is 0.456 e. The number of alkyl halides is 2. The van der Waals surface area contributed by atoms with E-state index < -0.39 is 12.0 Å². The third-order valence-corrected chi connectivity index (χ3v) is 6.61. The van der Waals surface area contributed by atoms with E-state index in [1.165, 1.54) is 0 Å². The van der Waals surface area contributed by atoms with Crippen molar-refractivity contribution < 1.29 is 38.3 Å². The Bertz CT molecular complexity index is 1240. The van der Waals surface area contributed by atoms with Crippen molar-refractivity contribution in [2.45, 2.75) is 56.7 Å². The summed E-state index contributed by atoms with van der Waals surface area (Å²) >= 11 is 6.53. The van der Waals surface area contributed by atoms with Gasteiger partial charge in [0.2, 0.25) is 5.92 Å². The van der Waals surface area contributed by atoms with E-state index in [9.17, 15) is 19.0 Å². The van der Waals surface area contributed by atoms with Gasteiger partial charge in [0.05, 0.1) is 35.6 Å². The number of imidazole rings is 1. The average molecular weight is 571 g/mol. The summed E-state index contributed by atoms with van der Waals surface area (Å²) in [5.41, 5.74) is 3.74. The fraction of sp³-hybridized carbons (Fsp3) is 0.538. The Hall–Kier alpha value is -2.61. The summed E-state index contributed by atoms with van der Waals surface area (Å²) in [5.74, 6) is -2.50. The SMILES string of the molecule is CC(C)(F)F.CO.O[C@H]1CCN(c2ccc(-c3nc4nc(O[C@@H]5CO[C@H]6[C@@H]5OC[C@H]6O)[nH]c4cc3Cl)cc2)C1. The number of anilines is 1. The van der Waals surface area contributed by atoms with Crippen molar-refractivity contribution in [2.75, 3.05) is 38.3 Å². The van der Waals surface area contributed by atoms with E-state index in [1.54, 1.807) is 6.07 Å². The van der Waals surface area contributed by atoms with Gasteiger partial charge in [-0.1, -0.05) is 23.7 Å². The second-order valence-corrected chi connectivity index (χ2v) is 10.2. The van der Waals surface area contributed by atoms with E-state index in [0.29, 0.717) is 41.0 Å². The van der Waals surface area contributed by atoms with Gasteiger partial charge in [0.25, 0.3) is 6.01 Å². The molecular formula is C26H33ClF2N4O6. The van der Waals surface area contributed by atoms with Crippen LogP contribution in [0.5, 0.6) is 6.01 Å². The first kappa shape index (κ1) is 29.4. The number of pyridine rings is 1. The number of hydrogen-bond donors (Lipinski definition) is 4. The number of fused-ring (bicyclic) bond motifs is 2. The molecule has 3 aliphatic heterocycles. The maximum Gasteiger partial charge on any atom is 0.296 e. The second kappa shape index (κ2) is 12.3. The van der Waals surface area contributed by atoms with Gasteiger partial charge in [-0.2, -0.15) is 4.98 Å². The van der Waals surface area contributed by atoms with Gasteiger partial charge in [0, 0.05) is 31.5 Å². The number of H-pyrrole nitrogens is 1. The van der Waals surface area contributed by atoms with Crippen molar-refractivity contribution in [3.05, 3.63) is 35.4 Å². The van der Waals surface area contributed by atoms with Gasteiger partial charge in [0.15, 0.2) is 11.8 Å². The lowest BCUT2D eigenvalue weighted by molar-refractivity contribution is 0.00706. The number of aromatic nitrogens is 3. The lowest BCUT2D eigenvalue weighted by atomic mass is 10.1. The summed E-state index contributed by atoms with van der Waals surface area (Å²) in [5, 5.41) is 27.2. The average Bonchev–Trinajstić information content (AvgIpc) is 3.66. The van der Waals surface area contributed by atoms with Crippen LogP contribution in [0.3, 0.4) is 0 Å². The molecule has 3 aromatic rings. The highest BCUT2D eigenvalue weighted by Crippen LogP contribution is 2.33. The molecule has 3 fully saturated rings. The van der Waals surface area contributed by atoms with Gasteiger partial charge >= 0.3 is 0 Å². The van der Waals surface area contributed by atoms with Gasteiger partial charge < -0.3 is 39.4 Å². The van der Waals surface area contributed by atoms with Gasteiger partial charge in [-0.05, 0) is 38.5 Å². The lowest BCUT2D eigenvalue weighted by Gasteiger charge is -2.18. The molecule has 3 aliphatic rings. The van der Waals surface area contributed by atoms with Crippen LogP contribution in [0.1, 0.15) is 20.3 Å². The van der Waals surface area contributed by atoms with Crippen LogP contribution >= 0.6 is 11.6 Å². The van der Waals surface area contributed by atoms with Crippen molar-refractivity contribution in [3.8, 4) is 17.3 Å². The molecule has 0 radical (unpaired) electrons. The van der Waals surface area contributed by atoms with Crippen LogP contribution in [0.15, 0.2) is 30.3 Å². The Morgan fingerprint density at radius 2 is 1.74 bits per heavy atom. The molecule has 39 heavy (non-hydrogen) atoms. The number of hydrogen-bond acceptors (Lipinski definition) is 9. The Morgan fingerprint density at radius 1 is 1.08 bits per heavy atom. The van der Waals surface area contributed by atoms with E-state index >= 15 is 0 Å². The third-order valence-electron chi connectivity index (χ3n) is 6.32. The van der Waals surface area contributed by atoms with Crippen LogP contribution < -0.4 is 9.64 Å². The summed E-state index contributed by atoms with van der Waals surface area (Å²) in [6.45, 7) is 3.77. The monoisotopic (exact) mass is 570 g/mol. The van der Waals surface area contributed by atoms with Crippen molar-refractivity contribution in [1.82, 2.24) is 15.0 Å². The quantitative estimate of drug-likeness (QED) is 0.373. The zero-order valence-electron chi connectivity index (χ0n) is 21.9. The standard InChI is InChI=1S/C22H23ClN4O5.C3H6F2.CH4O/c23-14-7-15-21(26-22(24-15)32-17-10-31-19-16(29)9-30-20(17)19)25-18(14)11-1-3-12(4-2-11)27-6-5-13(28)8-27;1-3(2,4)5;1-2/h1-4,7,13,16-17,19-20,28-29H,5-6,8-10H2,(H,24,25,26);1-2H3;2H,1H3/t13-,16+,17+,19+,20+;;/m0../s1. The third kappa shape index (κ3) is 7.13. The molecule has 4 N–H and O–H groups in total. The van der Waals surface area contributed by atoms with Crippen molar-refractivity contribution in [1.29, 1.82) is 0 Å². The molecule has 214 valence electrons. The normalized spacial score (nSPS) is 26.1. The minimum Gasteiger partial charge on any atom is -0.456 e. The zero-order chi connectivity index (χ0) is 28.3. The summed E-state index contributed by atoms with van der Waals surface area (Å²) in [6, 6.07) is 10.1. The molecule has 0 bridgehead atoms. The Labute approximate surface area is 229 Å².